The standard InChI is InChI=1S/C10H21N3O/c1-3-13(7-6-11)8-10(14)12(2)9-4-5-9/h9H,3-8,11H2,1-2H3. The van der Waals surface area contributed by atoms with E-state index >= 15 is 0 Å². The summed E-state index contributed by atoms with van der Waals surface area (Å²) < 4.78 is 0. The van der Waals surface area contributed by atoms with Gasteiger partial charge in [-0.15, -0.1) is 0 Å². The highest BCUT2D eigenvalue weighted by Crippen LogP contribution is 2.25. The molecule has 4 heteroatoms. The Balaban J connectivity index is 2.29. The molecule has 0 aromatic carbocycles. The largest absolute Gasteiger partial charge is 0.342 e. The zero-order valence-electron chi connectivity index (χ0n) is 9.20. The maximum atomic E-state index is 11.7. The topological polar surface area (TPSA) is 49.6 Å². The predicted molar refractivity (Wildman–Crippen MR) is 57.0 cm³/mol. The molecule has 1 rings (SSSR count). The number of likely N-dealkylation sites (N-methyl/N-ethyl adjacent to an activating group) is 2. The van der Waals surface area contributed by atoms with Crippen LogP contribution in [0.25, 0.3) is 0 Å². The van der Waals surface area contributed by atoms with Gasteiger partial charge in [-0.2, -0.15) is 0 Å². The van der Waals surface area contributed by atoms with Crippen LogP contribution in [0, 0.1) is 0 Å². The van der Waals surface area contributed by atoms with Gasteiger partial charge in [0, 0.05) is 26.2 Å². The summed E-state index contributed by atoms with van der Waals surface area (Å²) in [6, 6.07) is 0.513. The first-order chi connectivity index (χ1) is 6.69. The molecular formula is C10H21N3O. The Labute approximate surface area is 86.0 Å². The molecule has 1 saturated carbocycles. The van der Waals surface area contributed by atoms with Crippen LogP contribution >= 0.6 is 0 Å². The lowest BCUT2D eigenvalue weighted by Gasteiger charge is -2.23. The van der Waals surface area contributed by atoms with Crippen LogP contribution in [0.3, 0.4) is 0 Å². The molecule has 4 nitrogen and oxygen atoms in total. The number of nitrogens with two attached hydrogens (primary N) is 1. The molecule has 0 aliphatic heterocycles. The Hall–Kier alpha value is -0.610. The number of rotatable bonds is 6. The van der Waals surface area contributed by atoms with E-state index in [4.69, 9.17) is 5.73 Å². The van der Waals surface area contributed by atoms with Crippen molar-refractivity contribution in [3.05, 3.63) is 0 Å². The highest BCUT2D eigenvalue weighted by molar-refractivity contribution is 5.78. The van der Waals surface area contributed by atoms with Crippen molar-refractivity contribution in [2.45, 2.75) is 25.8 Å². The van der Waals surface area contributed by atoms with Gasteiger partial charge < -0.3 is 10.6 Å². The van der Waals surface area contributed by atoms with Gasteiger partial charge in [-0.05, 0) is 19.4 Å². The summed E-state index contributed by atoms with van der Waals surface area (Å²) in [5, 5.41) is 0. The number of carbonyl (C=O) groups excluding carboxylic acids is 1. The second-order valence-corrected chi connectivity index (χ2v) is 3.89. The van der Waals surface area contributed by atoms with Crippen molar-refractivity contribution in [3.8, 4) is 0 Å². The highest BCUT2D eigenvalue weighted by atomic mass is 16.2. The second kappa shape index (κ2) is 5.32. The molecule has 0 bridgehead atoms. The quantitative estimate of drug-likeness (QED) is 0.649. The fourth-order valence-corrected chi connectivity index (χ4v) is 1.50. The molecule has 0 aromatic heterocycles. The number of hydrogen-bond acceptors (Lipinski definition) is 3. The molecule has 1 aliphatic rings. The first-order valence-corrected chi connectivity index (χ1v) is 5.37. The van der Waals surface area contributed by atoms with Crippen molar-refractivity contribution < 1.29 is 4.79 Å². The zero-order valence-corrected chi connectivity index (χ0v) is 9.20. The van der Waals surface area contributed by atoms with Crippen LogP contribution in [0.5, 0.6) is 0 Å². The first-order valence-electron chi connectivity index (χ1n) is 5.37. The van der Waals surface area contributed by atoms with E-state index in [-0.39, 0.29) is 5.91 Å². The lowest BCUT2D eigenvalue weighted by atomic mass is 10.4. The first kappa shape index (κ1) is 11.5. The molecule has 82 valence electrons. The molecule has 0 atom stereocenters. The van der Waals surface area contributed by atoms with E-state index in [1.165, 1.54) is 12.8 Å². The van der Waals surface area contributed by atoms with Crippen molar-refractivity contribution in [2.24, 2.45) is 5.73 Å². The summed E-state index contributed by atoms with van der Waals surface area (Å²) in [7, 11) is 1.90. The van der Waals surface area contributed by atoms with Crippen LogP contribution in [0.4, 0.5) is 0 Å². The van der Waals surface area contributed by atoms with Crippen molar-refractivity contribution in [1.82, 2.24) is 9.80 Å². The van der Waals surface area contributed by atoms with Gasteiger partial charge in [-0.3, -0.25) is 9.69 Å². The average Bonchev–Trinajstić information content (AvgIpc) is 2.99. The molecule has 1 amide bonds. The normalized spacial score (nSPS) is 16.0. The smallest absolute Gasteiger partial charge is 0.236 e. The highest BCUT2D eigenvalue weighted by Gasteiger charge is 2.29. The van der Waals surface area contributed by atoms with Gasteiger partial charge in [0.15, 0.2) is 0 Å². The molecule has 0 saturated heterocycles. The summed E-state index contributed by atoms with van der Waals surface area (Å²) in [5.41, 5.74) is 5.46. The van der Waals surface area contributed by atoms with E-state index in [9.17, 15) is 4.79 Å². The Morgan fingerprint density at radius 3 is 2.57 bits per heavy atom. The lowest BCUT2D eigenvalue weighted by molar-refractivity contribution is -0.131. The molecule has 0 spiro atoms. The Morgan fingerprint density at radius 1 is 1.50 bits per heavy atom. The molecular weight excluding hydrogens is 178 g/mol. The van der Waals surface area contributed by atoms with Gasteiger partial charge in [0.05, 0.1) is 6.54 Å². The minimum atomic E-state index is 0.225. The fourth-order valence-electron chi connectivity index (χ4n) is 1.50. The van der Waals surface area contributed by atoms with Crippen LogP contribution in [-0.2, 0) is 4.79 Å². The average molecular weight is 199 g/mol. The van der Waals surface area contributed by atoms with Crippen LogP contribution < -0.4 is 5.73 Å². The van der Waals surface area contributed by atoms with Crippen molar-refractivity contribution >= 4 is 5.91 Å². The van der Waals surface area contributed by atoms with Gasteiger partial charge in [0.1, 0.15) is 0 Å². The lowest BCUT2D eigenvalue weighted by Crippen LogP contribution is -2.41. The molecule has 0 unspecified atom stereocenters. The summed E-state index contributed by atoms with van der Waals surface area (Å²) in [6.45, 7) is 4.89. The van der Waals surface area contributed by atoms with Crippen LogP contribution in [0.15, 0.2) is 0 Å². The molecule has 1 fully saturated rings. The minimum Gasteiger partial charge on any atom is -0.342 e. The van der Waals surface area contributed by atoms with Crippen LogP contribution in [0.2, 0.25) is 0 Å². The third-order valence-electron chi connectivity index (χ3n) is 2.74. The monoisotopic (exact) mass is 199 g/mol. The van der Waals surface area contributed by atoms with Crippen molar-refractivity contribution in [2.75, 3.05) is 33.2 Å². The number of amides is 1. The van der Waals surface area contributed by atoms with E-state index in [1.54, 1.807) is 0 Å². The molecule has 0 radical (unpaired) electrons. The zero-order chi connectivity index (χ0) is 10.6. The van der Waals surface area contributed by atoms with Crippen LogP contribution in [0.1, 0.15) is 19.8 Å². The maximum Gasteiger partial charge on any atom is 0.236 e. The number of nitrogens with zero attached hydrogens (tertiary/aromatic N) is 2. The Kier molecular flexibility index (Phi) is 4.35. The molecule has 0 aromatic rings. The summed E-state index contributed by atoms with van der Waals surface area (Å²) in [6.07, 6.45) is 2.34. The Morgan fingerprint density at radius 2 is 2.14 bits per heavy atom. The molecule has 14 heavy (non-hydrogen) atoms. The van der Waals surface area contributed by atoms with E-state index in [0.29, 0.717) is 19.1 Å². The van der Waals surface area contributed by atoms with Gasteiger partial charge in [0.2, 0.25) is 5.91 Å². The molecule has 1 aliphatic carbocycles. The number of hydrogen-bond donors (Lipinski definition) is 1. The Bertz CT molecular complexity index is 192. The molecule has 2 N–H and O–H groups in total. The van der Waals surface area contributed by atoms with E-state index in [1.807, 2.05) is 11.9 Å². The SMILES string of the molecule is CCN(CCN)CC(=O)N(C)C1CC1. The van der Waals surface area contributed by atoms with Gasteiger partial charge >= 0.3 is 0 Å². The summed E-state index contributed by atoms with van der Waals surface area (Å²) in [4.78, 5) is 15.7. The maximum absolute atomic E-state index is 11.7. The number of carbonyl (C=O) groups is 1. The summed E-state index contributed by atoms with van der Waals surface area (Å²) >= 11 is 0. The summed E-state index contributed by atoms with van der Waals surface area (Å²) in [5.74, 6) is 0.225. The van der Waals surface area contributed by atoms with E-state index < -0.39 is 0 Å². The van der Waals surface area contributed by atoms with Crippen molar-refractivity contribution in [3.63, 3.8) is 0 Å². The van der Waals surface area contributed by atoms with Gasteiger partial charge in [0.25, 0.3) is 0 Å². The van der Waals surface area contributed by atoms with E-state index in [0.717, 1.165) is 13.1 Å². The minimum absolute atomic E-state index is 0.225. The van der Waals surface area contributed by atoms with Gasteiger partial charge in [-0.1, -0.05) is 6.92 Å². The van der Waals surface area contributed by atoms with Crippen molar-refractivity contribution in [1.29, 1.82) is 0 Å². The van der Waals surface area contributed by atoms with Gasteiger partial charge in [-0.25, -0.2) is 0 Å². The third-order valence-corrected chi connectivity index (χ3v) is 2.74. The fraction of sp³-hybridized carbons (Fsp3) is 0.900. The molecule has 0 heterocycles. The van der Waals surface area contributed by atoms with Crippen LogP contribution in [-0.4, -0.2) is 55.0 Å². The predicted octanol–water partition coefficient (Wildman–Crippen LogP) is -0.112. The third kappa shape index (κ3) is 3.27. The van der Waals surface area contributed by atoms with E-state index in [2.05, 4.69) is 11.8 Å². The second-order valence-electron chi connectivity index (χ2n) is 3.89.